The summed E-state index contributed by atoms with van der Waals surface area (Å²) in [7, 11) is 1.35. The number of likely N-dealkylation sites (tertiary alicyclic amines) is 1. The summed E-state index contributed by atoms with van der Waals surface area (Å²) in [5, 5.41) is 3.02. The number of nitrogens with one attached hydrogen (secondary N) is 1. The molecule has 0 unspecified atom stereocenters. The van der Waals surface area contributed by atoms with Crippen LogP contribution in [-0.2, 0) is 19.1 Å². The van der Waals surface area contributed by atoms with E-state index in [9.17, 15) is 14.4 Å². The molecule has 1 fully saturated rings. The molecule has 1 N–H and O–H groups in total. The van der Waals surface area contributed by atoms with Gasteiger partial charge in [0.1, 0.15) is 0 Å². The number of hydrogen-bond donors (Lipinski definition) is 1. The van der Waals surface area contributed by atoms with Gasteiger partial charge in [0.2, 0.25) is 11.8 Å². The molecule has 1 aromatic carbocycles. The molecular formula is C20H28N2O4. The molecule has 0 bridgehead atoms. The van der Waals surface area contributed by atoms with E-state index in [2.05, 4.69) is 5.32 Å². The number of ether oxygens (including phenoxy) is 1. The Balaban J connectivity index is 2.13. The maximum atomic E-state index is 12.9. The Bertz CT molecular complexity index is 632. The third kappa shape index (κ3) is 4.84. The van der Waals surface area contributed by atoms with Gasteiger partial charge in [0.05, 0.1) is 25.0 Å². The summed E-state index contributed by atoms with van der Waals surface area (Å²) in [4.78, 5) is 38.6. The average molecular weight is 360 g/mol. The zero-order valence-electron chi connectivity index (χ0n) is 15.7. The van der Waals surface area contributed by atoms with Crippen LogP contribution in [0.4, 0.5) is 0 Å². The van der Waals surface area contributed by atoms with Gasteiger partial charge in [0, 0.05) is 19.5 Å². The summed E-state index contributed by atoms with van der Waals surface area (Å²) in [6, 6.07) is 8.95. The third-order valence-corrected chi connectivity index (χ3v) is 4.98. The fraction of sp³-hybridized carbons (Fsp3) is 0.550. The Morgan fingerprint density at radius 1 is 1.27 bits per heavy atom. The SMILES string of the molecule is CCC(=O)N1CCC[C@H](C(=O)N[C@@H](c2ccccc2)[C@H](C)C(=O)OC)C1. The van der Waals surface area contributed by atoms with Crippen molar-refractivity contribution in [1.82, 2.24) is 10.2 Å². The highest BCUT2D eigenvalue weighted by Gasteiger charge is 2.32. The average Bonchev–Trinajstić information content (AvgIpc) is 2.70. The fourth-order valence-corrected chi connectivity index (χ4v) is 3.39. The number of methoxy groups -OCH3 is 1. The standard InChI is InChI=1S/C20H28N2O4/c1-4-17(23)22-12-8-11-16(13-22)19(24)21-18(14(2)20(25)26-3)15-9-6-5-7-10-15/h5-7,9-10,14,16,18H,4,8,11-13H2,1-3H3,(H,21,24)/t14-,16-,18+/m0/s1. The summed E-state index contributed by atoms with van der Waals surface area (Å²) in [6.07, 6.45) is 2.00. The van der Waals surface area contributed by atoms with Crippen molar-refractivity contribution in [2.45, 2.75) is 39.2 Å². The van der Waals surface area contributed by atoms with Gasteiger partial charge >= 0.3 is 5.97 Å². The lowest BCUT2D eigenvalue weighted by Crippen LogP contribution is -2.47. The summed E-state index contributed by atoms with van der Waals surface area (Å²) in [5.74, 6) is -1.18. The monoisotopic (exact) mass is 360 g/mol. The first-order valence-corrected chi connectivity index (χ1v) is 9.18. The number of amides is 2. The smallest absolute Gasteiger partial charge is 0.310 e. The highest BCUT2D eigenvalue weighted by atomic mass is 16.5. The molecule has 2 amide bonds. The summed E-state index contributed by atoms with van der Waals surface area (Å²) >= 11 is 0. The highest BCUT2D eigenvalue weighted by Crippen LogP contribution is 2.25. The topological polar surface area (TPSA) is 75.7 Å². The molecule has 1 saturated heterocycles. The van der Waals surface area contributed by atoms with Gasteiger partial charge < -0.3 is 15.0 Å². The van der Waals surface area contributed by atoms with Gasteiger partial charge in [0.25, 0.3) is 0 Å². The van der Waals surface area contributed by atoms with E-state index in [-0.39, 0.29) is 23.7 Å². The molecule has 6 heteroatoms. The van der Waals surface area contributed by atoms with Crippen molar-refractivity contribution in [2.24, 2.45) is 11.8 Å². The highest BCUT2D eigenvalue weighted by molar-refractivity contribution is 5.82. The molecule has 1 heterocycles. The van der Waals surface area contributed by atoms with Crippen molar-refractivity contribution >= 4 is 17.8 Å². The van der Waals surface area contributed by atoms with Crippen molar-refractivity contribution in [3.8, 4) is 0 Å². The minimum atomic E-state index is -0.511. The number of benzene rings is 1. The van der Waals surface area contributed by atoms with Crippen LogP contribution >= 0.6 is 0 Å². The number of hydrogen-bond acceptors (Lipinski definition) is 4. The van der Waals surface area contributed by atoms with Crippen LogP contribution in [0.3, 0.4) is 0 Å². The fourth-order valence-electron chi connectivity index (χ4n) is 3.39. The van der Waals surface area contributed by atoms with Crippen molar-refractivity contribution in [3.05, 3.63) is 35.9 Å². The van der Waals surface area contributed by atoms with E-state index in [1.165, 1.54) is 7.11 Å². The Morgan fingerprint density at radius 2 is 1.96 bits per heavy atom. The molecule has 1 aromatic rings. The summed E-state index contributed by atoms with van der Waals surface area (Å²) in [6.45, 7) is 4.72. The van der Waals surface area contributed by atoms with E-state index in [1.54, 1.807) is 11.8 Å². The maximum absolute atomic E-state index is 12.9. The van der Waals surface area contributed by atoms with Gasteiger partial charge in [0.15, 0.2) is 0 Å². The molecule has 0 radical (unpaired) electrons. The third-order valence-electron chi connectivity index (χ3n) is 4.98. The van der Waals surface area contributed by atoms with Crippen LogP contribution in [0.15, 0.2) is 30.3 Å². The molecule has 0 aliphatic carbocycles. The van der Waals surface area contributed by atoms with E-state index < -0.39 is 12.0 Å². The van der Waals surface area contributed by atoms with Crippen molar-refractivity contribution in [3.63, 3.8) is 0 Å². The molecule has 142 valence electrons. The Hall–Kier alpha value is -2.37. The Labute approximate surface area is 154 Å². The zero-order chi connectivity index (χ0) is 19.1. The van der Waals surface area contributed by atoms with Gasteiger partial charge in [-0.2, -0.15) is 0 Å². The predicted octanol–water partition coefficient (Wildman–Crippen LogP) is 2.30. The summed E-state index contributed by atoms with van der Waals surface area (Å²) in [5.41, 5.74) is 0.857. The molecule has 3 atom stereocenters. The lowest BCUT2D eigenvalue weighted by molar-refractivity contribution is -0.146. The second-order valence-corrected chi connectivity index (χ2v) is 6.74. The van der Waals surface area contributed by atoms with Crippen LogP contribution in [0.1, 0.15) is 44.7 Å². The summed E-state index contributed by atoms with van der Waals surface area (Å²) < 4.78 is 4.86. The van der Waals surface area contributed by atoms with E-state index in [1.807, 2.05) is 37.3 Å². The van der Waals surface area contributed by atoms with E-state index in [0.29, 0.717) is 19.5 Å². The molecule has 0 spiro atoms. The molecule has 0 saturated carbocycles. The number of carbonyl (C=O) groups is 3. The van der Waals surface area contributed by atoms with Crippen LogP contribution in [0.25, 0.3) is 0 Å². The Kier molecular flexibility index (Phi) is 7.18. The normalized spacial score (nSPS) is 19.3. The van der Waals surface area contributed by atoms with Gasteiger partial charge in [-0.25, -0.2) is 0 Å². The molecule has 6 nitrogen and oxygen atoms in total. The van der Waals surface area contributed by atoms with Crippen LogP contribution in [0.2, 0.25) is 0 Å². The first-order valence-electron chi connectivity index (χ1n) is 9.18. The van der Waals surface area contributed by atoms with Gasteiger partial charge in [-0.1, -0.05) is 37.3 Å². The minimum Gasteiger partial charge on any atom is -0.469 e. The number of piperidine rings is 1. The number of esters is 1. The Morgan fingerprint density at radius 3 is 2.58 bits per heavy atom. The van der Waals surface area contributed by atoms with Gasteiger partial charge in [-0.15, -0.1) is 0 Å². The lowest BCUT2D eigenvalue weighted by Gasteiger charge is -2.33. The van der Waals surface area contributed by atoms with Crippen LogP contribution in [0, 0.1) is 11.8 Å². The maximum Gasteiger partial charge on any atom is 0.310 e. The molecule has 0 aromatic heterocycles. The van der Waals surface area contributed by atoms with E-state index in [4.69, 9.17) is 4.74 Å². The van der Waals surface area contributed by atoms with Crippen LogP contribution < -0.4 is 5.32 Å². The van der Waals surface area contributed by atoms with Gasteiger partial charge in [-0.3, -0.25) is 14.4 Å². The molecule has 26 heavy (non-hydrogen) atoms. The van der Waals surface area contributed by atoms with E-state index >= 15 is 0 Å². The molecular weight excluding hydrogens is 332 g/mol. The van der Waals surface area contributed by atoms with Crippen molar-refractivity contribution in [2.75, 3.05) is 20.2 Å². The first kappa shape index (κ1) is 19.9. The first-order chi connectivity index (χ1) is 12.5. The lowest BCUT2D eigenvalue weighted by atomic mass is 9.92. The largest absolute Gasteiger partial charge is 0.469 e. The molecule has 1 aliphatic heterocycles. The number of nitrogens with zero attached hydrogens (tertiary/aromatic N) is 1. The van der Waals surface area contributed by atoms with Crippen LogP contribution in [0.5, 0.6) is 0 Å². The van der Waals surface area contributed by atoms with E-state index in [0.717, 1.165) is 18.4 Å². The molecule has 2 rings (SSSR count). The second kappa shape index (κ2) is 9.36. The molecule has 1 aliphatic rings. The van der Waals surface area contributed by atoms with Crippen molar-refractivity contribution in [1.29, 1.82) is 0 Å². The number of carbonyl (C=O) groups excluding carboxylic acids is 3. The minimum absolute atomic E-state index is 0.0741. The van der Waals surface area contributed by atoms with Crippen LogP contribution in [-0.4, -0.2) is 42.9 Å². The predicted molar refractivity (Wildman–Crippen MR) is 98.1 cm³/mol. The second-order valence-electron chi connectivity index (χ2n) is 6.74. The quantitative estimate of drug-likeness (QED) is 0.790. The number of rotatable bonds is 6. The van der Waals surface area contributed by atoms with Crippen molar-refractivity contribution < 1.29 is 19.1 Å². The van der Waals surface area contributed by atoms with Gasteiger partial charge in [-0.05, 0) is 25.3 Å². The zero-order valence-corrected chi connectivity index (χ0v) is 15.7.